The SMILES string of the molecule is CCOC(=O)c1cc(OCC2CCCO2)ncc1N. The van der Waals surface area contributed by atoms with Gasteiger partial charge in [-0.1, -0.05) is 0 Å². The van der Waals surface area contributed by atoms with E-state index in [1.54, 1.807) is 6.92 Å². The van der Waals surface area contributed by atoms with E-state index in [-0.39, 0.29) is 17.4 Å². The lowest BCUT2D eigenvalue weighted by Crippen LogP contribution is -2.17. The minimum Gasteiger partial charge on any atom is -0.475 e. The number of carbonyl (C=O) groups excluding carboxylic acids is 1. The van der Waals surface area contributed by atoms with E-state index >= 15 is 0 Å². The van der Waals surface area contributed by atoms with E-state index in [0.717, 1.165) is 19.4 Å². The Morgan fingerprint density at radius 1 is 1.63 bits per heavy atom. The van der Waals surface area contributed by atoms with E-state index < -0.39 is 5.97 Å². The van der Waals surface area contributed by atoms with E-state index in [2.05, 4.69) is 4.98 Å². The smallest absolute Gasteiger partial charge is 0.340 e. The number of hydrogen-bond acceptors (Lipinski definition) is 6. The minimum atomic E-state index is -0.468. The third-order valence-corrected chi connectivity index (χ3v) is 2.85. The number of anilines is 1. The first kappa shape index (κ1) is 13.6. The molecular weight excluding hydrogens is 248 g/mol. The maximum atomic E-state index is 11.7. The summed E-state index contributed by atoms with van der Waals surface area (Å²) in [5.41, 5.74) is 6.25. The number of ether oxygens (including phenoxy) is 3. The zero-order valence-corrected chi connectivity index (χ0v) is 10.9. The van der Waals surface area contributed by atoms with Crippen LogP contribution in [0.3, 0.4) is 0 Å². The molecule has 0 saturated carbocycles. The van der Waals surface area contributed by atoms with E-state index in [1.165, 1.54) is 12.3 Å². The Morgan fingerprint density at radius 2 is 2.47 bits per heavy atom. The molecule has 0 amide bonds. The van der Waals surface area contributed by atoms with E-state index in [4.69, 9.17) is 19.9 Å². The van der Waals surface area contributed by atoms with E-state index in [9.17, 15) is 4.79 Å². The molecule has 0 spiro atoms. The summed E-state index contributed by atoms with van der Waals surface area (Å²) in [5.74, 6) is -0.114. The molecule has 104 valence electrons. The zero-order valence-electron chi connectivity index (χ0n) is 10.9. The van der Waals surface area contributed by atoms with Crippen molar-refractivity contribution in [3.05, 3.63) is 17.8 Å². The van der Waals surface area contributed by atoms with Crippen molar-refractivity contribution in [3.63, 3.8) is 0 Å². The summed E-state index contributed by atoms with van der Waals surface area (Å²) in [5, 5.41) is 0. The van der Waals surface area contributed by atoms with Crippen LogP contribution < -0.4 is 10.5 Å². The van der Waals surface area contributed by atoms with Crippen LogP contribution in [0, 0.1) is 0 Å². The minimum absolute atomic E-state index is 0.102. The van der Waals surface area contributed by atoms with Crippen molar-refractivity contribution in [1.82, 2.24) is 4.98 Å². The fourth-order valence-electron chi connectivity index (χ4n) is 1.87. The second-order valence-electron chi connectivity index (χ2n) is 4.28. The number of nitrogens with two attached hydrogens (primary N) is 1. The standard InChI is InChI=1S/C13H18N2O4/c1-2-17-13(16)10-6-12(15-7-11(10)14)19-8-9-4-3-5-18-9/h6-7,9H,2-5,8,14H2,1H3. The van der Waals surface area contributed by atoms with Gasteiger partial charge in [0.2, 0.25) is 5.88 Å². The van der Waals surface area contributed by atoms with Gasteiger partial charge in [0.15, 0.2) is 0 Å². The van der Waals surface area contributed by atoms with Gasteiger partial charge in [0.1, 0.15) is 6.61 Å². The number of hydrogen-bond donors (Lipinski definition) is 1. The molecule has 1 aliphatic rings. The van der Waals surface area contributed by atoms with E-state index in [1.807, 2.05) is 0 Å². The van der Waals surface area contributed by atoms with Crippen LogP contribution in [-0.4, -0.2) is 36.9 Å². The van der Waals surface area contributed by atoms with Crippen LogP contribution in [-0.2, 0) is 9.47 Å². The fraction of sp³-hybridized carbons (Fsp3) is 0.538. The lowest BCUT2D eigenvalue weighted by molar-refractivity contribution is 0.0525. The van der Waals surface area contributed by atoms with Gasteiger partial charge in [0.05, 0.1) is 30.2 Å². The Kier molecular flexibility index (Phi) is 4.57. The third kappa shape index (κ3) is 3.57. The van der Waals surface area contributed by atoms with Crippen molar-refractivity contribution in [3.8, 4) is 5.88 Å². The molecule has 0 bridgehead atoms. The summed E-state index contributed by atoms with van der Waals surface area (Å²) in [7, 11) is 0. The van der Waals surface area contributed by atoms with Crippen LogP contribution in [0.1, 0.15) is 30.1 Å². The first-order chi connectivity index (χ1) is 9.20. The van der Waals surface area contributed by atoms with Crippen molar-refractivity contribution < 1.29 is 19.0 Å². The Morgan fingerprint density at radius 3 is 3.16 bits per heavy atom. The third-order valence-electron chi connectivity index (χ3n) is 2.85. The largest absolute Gasteiger partial charge is 0.475 e. The molecule has 1 saturated heterocycles. The zero-order chi connectivity index (χ0) is 13.7. The number of esters is 1. The highest BCUT2D eigenvalue weighted by molar-refractivity contribution is 5.95. The van der Waals surface area contributed by atoms with Gasteiger partial charge in [-0.2, -0.15) is 0 Å². The molecule has 19 heavy (non-hydrogen) atoms. The molecule has 2 rings (SSSR count). The first-order valence-electron chi connectivity index (χ1n) is 6.37. The van der Waals surface area contributed by atoms with Gasteiger partial charge >= 0.3 is 5.97 Å². The molecule has 2 N–H and O–H groups in total. The predicted molar refractivity (Wildman–Crippen MR) is 69.1 cm³/mol. The lowest BCUT2D eigenvalue weighted by Gasteiger charge is -2.12. The molecule has 1 aromatic rings. The van der Waals surface area contributed by atoms with Crippen LogP contribution in [0.2, 0.25) is 0 Å². The monoisotopic (exact) mass is 266 g/mol. The van der Waals surface area contributed by atoms with Crippen molar-refractivity contribution in [1.29, 1.82) is 0 Å². The molecule has 6 nitrogen and oxygen atoms in total. The maximum Gasteiger partial charge on any atom is 0.340 e. The second kappa shape index (κ2) is 6.38. The van der Waals surface area contributed by atoms with Gasteiger partial charge in [0.25, 0.3) is 0 Å². The van der Waals surface area contributed by atoms with Gasteiger partial charge in [-0.05, 0) is 19.8 Å². The molecule has 0 aliphatic carbocycles. The van der Waals surface area contributed by atoms with Crippen LogP contribution in [0.25, 0.3) is 0 Å². The second-order valence-corrected chi connectivity index (χ2v) is 4.28. The average molecular weight is 266 g/mol. The summed E-state index contributed by atoms with van der Waals surface area (Å²) in [6, 6.07) is 1.50. The van der Waals surface area contributed by atoms with E-state index in [0.29, 0.717) is 19.1 Å². The predicted octanol–water partition coefficient (Wildman–Crippen LogP) is 1.40. The molecule has 1 unspecified atom stereocenters. The highest BCUT2D eigenvalue weighted by Gasteiger charge is 2.17. The van der Waals surface area contributed by atoms with Crippen LogP contribution >= 0.6 is 0 Å². The van der Waals surface area contributed by atoms with Gasteiger partial charge in [-0.15, -0.1) is 0 Å². The van der Waals surface area contributed by atoms with Crippen molar-refractivity contribution in [2.24, 2.45) is 0 Å². The Bertz CT molecular complexity index is 444. The number of nitrogen functional groups attached to an aromatic ring is 1. The highest BCUT2D eigenvalue weighted by atomic mass is 16.5. The molecule has 1 aromatic heterocycles. The molecule has 1 aliphatic heterocycles. The number of nitrogens with zero attached hydrogens (tertiary/aromatic N) is 1. The molecular formula is C13H18N2O4. The summed E-state index contributed by atoms with van der Waals surface area (Å²) in [6.45, 7) is 3.24. The molecule has 2 heterocycles. The van der Waals surface area contributed by atoms with Crippen molar-refractivity contribution in [2.75, 3.05) is 25.6 Å². The fourth-order valence-corrected chi connectivity index (χ4v) is 1.87. The van der Waals surface area contributed by atoms with Gasteiger partial charge in [-0.3, -0.25) is 0 Å². The van der Waals surface area contributed by atoms with Gasteiger partial charge < -0.3 is 19.9 Å². The summed E-state index contributed by atoms with van der Waals surface area (Å²) in [4.78, 5) is 15.7. The molecule has 1 atom stereocenters. The van der Waals surface area contributed by atoms with Gasteiger partial charge in [-0.25, -0.2) is 9.78 Å². The number of pyridine rings is 1. The summed E-state index contributed by atoms with van der Waals surface area (Å²) >= 11 is 0. The number of aromatic nitrogens is 1. The molecule has 0 radical (unpaired) electrons. The normalized spacial score (nSPS) is 18.3. The highest BCUT2D eigenvalue weighted by Crippen LogP contribution is 2.19. The Labute approximate surface area is 111 Å². The molecule has 1 fully saturated rings. The van der Waals surface area contributed by atoms with Crippen LogP contribution in [0.4, 0.5) is 5.69 Å². The number of carbonyl (C=O) groups is 1. The summed E-state index contributed by atoms with van der Waals surface area (Å²) in [6.07, 6.45) is 3.54. The average Bonchev–Trinajstić information content (AvgIpc) is 2.91. The first-order valence-corrected chi connectivity index (χ1v) is 6.37. The molecule has 0 aromatic carbocycles. The summed E-state index contributed by atoms with van der Waals surface area (Å²) < 4.78 is 15.9. The topological polar surface area (TPSA) is 83.7 Å². The van der Waals surface area contributed by atoms with Crippen molar-refractivity contribution in [2.45, 2.75) is 25.9 Å². The Balaban J connectivity index is 2.00. The van der Waals surface area contributed by atoms with Crippen LogP contribution in [0.15, 0.2) is 12.3 Å². The maximum absolute atomic E-state index is 11.7. The quantitative estimate of drug-likeness (QED) is 0.811. The molecule has 6 heteroatoms. The van der Waals surface area contributed by atoms with Crippen molar-refractivity contribution >= 4 is 11.7 Å². The lowest BCUT2D eigenvalue weighted by atomic mass is 10.2. The number of rotatable bonds is 5. The van der Waals surface area contributed by atoms with Crippen LogP contribution in [0.5, 0.6) is 5.88 Å². The van der Waals surface area contributed by atoms with Gasteiger partial charge in [0, 0.05) is 12.7 Å². The Hall–Kier alpha value is -1.82.